The fraction of sp³-hybridized carbons (Fsp3) is 0.533. The first kappa shape index (κ1) is 30.7. The van der Waals surface area contributed by atoms with Crippen LogP contribution >= 0.6 is 0 Å². The molecule has 218 valence electrons. The fourth-order valence-corrected chi connectivity index (χ4v) is 4.57. The van der Waals surface area contributed by atoms with Crippen molar-refractivity contribution in [2.24, 2.45) is 0 Å². The van der Waals surface area contributed by atoms with Gasteiger partial charge >= 0.3 is 6.09 Å². The van der Waals surface area contributed by atoms with Gasteiger partial charge in [-0.15, -0.1) is 0 Å². The van der Waals surface area contributed by atoms with Crippen molar-refractivity contribution in [2.75, 3.05) is 11.9 Å². The Labute approximate surface area is 235 Å². The molecule has 1 heterocycles. The standard InChI is InChI=1S/C30H41N3O7/c1-28(2,3)22-14-18(15-23(25(22)34)29(4,5)6)31-26(35)24-16-21(17-32(24)27(36)40-30(7,8)9)39-20-12-10-19(11-13-20)33(37)38/h10-15,21,24,34H,16-17H2,1-9H3,(H,31,35)/t21-,24+/m0/s1. The summed E-state index contributed by atoms with van der Waals surface area (Å²) in [4.78, 5) is 38.6. The van der Waals surface area contributed by atoms with E-state index in [-0.39, 0.29) is 35.2 Å². The summed E-state index contributed by atoms with van der Waals surface area (Å²) in [5.74, 6) is 0.181. The molecule has 2 aromatic carbocycles. The first-order valence-electron chi connectivity index (χ1n) is 13.4. The number of nitrogens with zero attached hydrogens (tertiary/aromatic N) is 2. The fourth-order valence-electron chi connectivity index (χ4n) is 4.57. The molecule has 0 unspecified atom stereocenters. The molecule has 1 saturated heterocycles. The number of hydrogen-bond donors (Lipinski definition) is 2. The summed E-state index contributed by atoms with van der Waals surface area (Å²) in [5, 5.41) is 25.0. The van der Waals surface area contributed by atoms with Gasteiger partial charge in [0.05, 0.1) is 11.5 Å². The normalized spacial score (nSPS) is 17.9. The molecule has 0 bridgehead atoms. The number of ether oxygens (including phenoxy) is 2. The van der Waals surface area contributed by atoms with Crippen LogP contribution in [0.1, 0.15) is 79.9 Å². The molecule has 1 aliphatic rings. The number of amides is 2. The van der Waals surface area contributed by atoms with Crippen molar-refractivity contribution in [3.63, 3.8) is 0 Å². The molecule has 2 N–H and O–H groups in total. The molecule has 2 aromatic rings. The molecule has 0 spiro atoms. The van der Waals surface area contributed by atoms with Crippen LogP contribution in [0.5, 0.6) is 11.5 Å². The first-order valence-corrected chi connectivity index (χ1v) is 13.4. The van der Waals surface area contributed by atoms with Gasteiger partial charge in [0, 0.05) is 35.4 Å². The van der Waals surface area contributed by atoms with Crippen LogP contribution < -0.4 is 10.1 Å². The van der Waals surface area contributed by atoms with Gasteiger partial charge < -0.3 is 19.9 Å². The molecule has 40 heavy (non-hydrogen) atoms. The van der Waals surface area contributed by atoms with E-state index in [2.05, 4.69) is 5.32 Å². The van der Waals surface area contributed by atoms with E-state index in [1.807, 2.05) is 41.5 Å². The van der Waals surface area contributed by atoms with Gasteiger partial charge in [0.25, 0.3) is 5.69 Å². The Hall–Kier alpha value is -3.82. The molecular formula is C30H41N3O7. The monoisotopic (exact) mass is 555 g/mol. The average Bonchev–Trinajstić information content (AvgIpc) is 3.22. The van der Waals surface area contributed by atoms with Crippen LogP contribution in [-0.4, -0.2) is 51.2 Å². The van der Waals surface area contributed by atoms with Crippen LogP contribution in [0.3, 0.4) is 0 Å². The number of nitro groups is 1. The minimum absolute atomic E-state index is 0.0652. The summed E-state index contributed by atoms with van der Waals surface area (Å²) in [6, 6.07) is 8.29. The predicted molar refractivity (Wildman–Crippen MR) is 153 cm³/mol. The highest BCUT2D eigenvalue weighted by Crippen LogP contribution is 2.41. The van der Waals surface area contributed by atoms with Gasteiger partial charge in [0.2, 0.25) is 5.91 Å². The van der Waals surface area contributed by atoms with E-state index in [1.54, 1.807) is 32.9 Å². The highest BCUT2D eigenvalue weighted by Gasteiger charge is 2.43. The Morgan fingerprint density at radius 1 is 0.975 bits per heavy atom. The van der Waals surface area contributed by atoms with Gasteiger partial charge in [-0.3, -0.25) is 19.8 Å². The van der Waals surface area contributed by atoms with Crippen LogP contribution in [0.25, 0.3) is 0 Å². The van der Waals surface area contributed by atoms with Crippen LogP contribution in [0, 0.1) is 10.1 Å². The first-order chi connectivity index (χ1) is 18.3. The Morgan fingerprint density at radius 2 is 1.50 bits per heavy atom. The Balaban J connectivity index is 1.91. The zero-order valence-corrected chi connectivity index (χ0v) is 24.8. The number of aromatic hydroxyl groups is 1. The zero-order valence-electron chi connectivity index (χ0n) is 24.8. The highest BCUT2D eigenvalue weighted by atomic mass is 16.6. The average molecular weight is 556 g/mol. The van der Waals surface area contributed by atoms with E-state index >= 15 is 0 Å². The number of benzene rings is 2. The summed E-state index contributed by atoms with van der Waals surface area (Å²) in [6.07, 6.45) is -0.989. The Morgan fingerprint density at radius 3 is 1.95 bits per heavy atom. The summed E-state index contributed by atoms with van der Waals surface area (Å²) in [7, 11) is 0. The number of carbonyl (C=O) groups is 2. The molecule has 10 nitrogen and oxygen atoms in total. The lowest BCUT2D eigenvalue weighted by Gasteiger charge is -2.29. The summed E-state index contributed by atoms with van der Waals surface area (Å²) in [5.41, 5.74) is 0.311. The number of rotatable bonds is 5. The van der Waals surface area contributed by atoms with E-state index < -0.39 is 34.7 Å². The van der Waals surface area contributed by atoms with Crippen LogP contribution in [-0.2, 0) is 20.4 Å². The number of carbonyl (C=O) groups excluding carboxylic acids is 2. The second-order valence-corrected chi connectivity index (χ2v) is 13.3. The summed E-state index contributed by atoms with van der Waals surface area (Å²) < 4.78 is 11.6. The Kier molecular flexibility index (Phi) is 8.43. The maximum absolute atomic E-state index is 13.7. The molecule has 3 rings (SSSR count). The van der Waals surface area contributed by atoms with Gasteiger partial charge in [0.1, 0.15) is 29.2 Å². The van der Waals surface area contributed by atoms with Gasteiger partial charge in [-0.05, 0) is 55.9 Å². The van der Waals surface area contributed by atoms with Crippen molar-refractivity contribution in [3.05, 3.63) is 57.6 Å². The maximum Gasteiger partial charge on any atom is 0.411 e. The highest BCUT2D eigenvalue weighted by molar-refractivity contribution is 5.97. The Bertz CT molecular complexity index is 1230. The molecule has 2 atom stereocenters. The third-order valence-corrected chi connectivity index (χ3v) is 6.54. The number of likely N-dealkylation sites (tertiary alicyclic amines) is 1. The van der Waals surface area contributed by atoms with Crippen molar-refractivity contribution >= 4 is 23.4 Å². The van der Waals surface area contributed by atoms with E-state index in [9.17, 15) is 24.8 Å². The van der Waals surface area contributed by atoms with Crippen molar-refractivity contribution in [3.8, 4) is 11.5 Å². The molecule has 1 fully saturated rings. The van der Waals surface area contributed by atoms with Crippen LogP contribution in [0.2, 0.25) is 0 Å². The lowest BCUT2D eigenvalue weighted by molar-refractivity contribution is -0.384. The lowest BCUT2D eigenvalue weighted by Crippen LogP contribution is -2.45. The van der Waals surface area contributed by atoms with Gasteiger partial charge in [-0.25, -0.2) is 4.79 Å². The molecule has 1 aliphatic heterocycles. The van der Waals surface area contributed by atoms with E-state index in [0.717, 1.165) is 0 Å². The third-order valence-electron chi connectivity index (χ3n) is 6.54. The van der Waals surface area contributed by atoms with Crippen LogP contribution in [0.15, 0.2) is 36.4 Å². The van der Waals surface area contributed by atoms with Crippen molar-refractivity contribution in [1.82, 2.24) is 4.90 Å². The number of anilines is 1. The molecule has 10 heteroatoms. The number of nitro benzene ring substituents is 1. The van der Waals surface area contributed by atoms with Gasteiger partial charge in [0.15, 0.2) is 0 Å². The van der Waals surface area contributed by atoms with Crippen molar-refractivity contribution in [1.29, 1.82) is 0 Å². The number of non-ortho nitro benzene ring substituents is 1. The van der Waals surface area contributed by atoms with Gasteiger partial charge in [-0.2, -0.15) is 0 Å². The van der Waals surface area contributed by atoms with Crippen molar-refractivity contribution in [2.45, 2.75) is 97.3 Å². The molecule has 0 radical (unpaired) electrons. The third kappa shape index (κ3) is 7.43. The van der Waals surface area contributed by atoms with Crippen LogP contribution in [0.4, 0.5) is 16.2 Å². The second kappa shape index (κ2) is 11.0. The largest absolute Gasteiger partial charge is 0.507 e. The molecule has 0 saturated carbocycles. The molecule has 0 aromatic heterocycles. The quantitative estimate of drug-likeness (QED) is 0.252. The molecule has 0 aliphatic carbocycles. The zero-order chi connectivity index (χ0) is 30.2. The minimum atomic E-state index is -0.886. The number of phenols is 1. The molecule has 2 amide bonds. The van der Waals surface area contributed by atoms with E-state index in [1.165, 1.54) is 29.2 Å². The maximum atomic E-state index is 13.7. The van der Waals surface area contributed by atoms with Crippen molar-refractivity contribution < 1.29 is 29.1 Å². The smallest absolute Gasteiger partial charge is 0.411 e. The number of nitrogens with one attached hydrogen (secondary N) is 1. The number of hydrogen-bond acceptors (Lipinski definition) is 7. The number of phenolic OH excluding ortho intramolecular Hbond substituents is 1. The van der Waals surface area contributed by atoms with Gasteiger partial charge in [-0.1, -0.05) is 41.5 Å². The topological polar surface area (TPSA) is 131 Å². The lowest BCUT2D eigenvalue weighted by atomic mass is 9.79. The minimum Gasteiger partial charge on any atom is -0.507 e. The second-order valence-electron chi connectivity index (χ2n) is 13.3. The SMILES string of the molecule is CC(C)(C)OC(=O)N1C[C@@H](Oc2ccc([N+](=O)[O-])cc2)C[C@@H]1C(=O)Nc1cc(C(C)(C)C)c(O)c(C(C)(C)C)c1. The molecular weight excluding hydrogens is 514 g/mol. The summed E-state index contributed by atoms with van der Waals surface area (Å²) >= 11 is 0. The summed E-state index contributed by atoms with van der Waals surface area (Å²) in [6.45, 7) is 17.3. The predicted octanol–water partition coefficient (Wildman–Crippen LogP) is 6.29. The van der Waals surface area contributed by atoms with E-state index in [0.29, 0.717) is 22.6 Å². The van der Waals surface area contributed by atoms with E-state index in [4.69, 9.17) is 9.47 Å².